The molecule has 2 amide bonds. The molecule has 0 aromatic rings. The minimum Gasteiger partial charge on any atom is -0.354 e. The van der Waals surface area contributed by atoms with Gasteiger partial charge in [0, 0.05) is 13.1 Å². The Morgan fingerprint density at radius 1 is 1.50 bits per heavy atom. The van der Waals surface area contributed by atoms with Gasteiger partial charge in [-0.2, -0.15) is 0 Å². The maximum Gasteiger partial charge on any atom is 0.242 e. The second kappa shape index (κ2) is 6.23. The van der Waals surface area contributed by atoms with E-state index in [4.69, 9.17) is 0 Å². The van der Waals surface area contributed by atoms with E-state index in [0.29, 0.717) is 24.3 Å². The Kier molecular flexibility index (Phi) is 5.25. The van der Waals surface area contributed by atoms with Crippen LogP contribution in [0, 0.1) is 5.92 Å². The molecule has 1 N–H and O–H groups in total. The highest BCUT2D eigenvalue weighted by Crippen LogP contribution is 2.18. The van der Waals surface area contributed by atoms with Crippen molar-refractivity contribution in [2.45, 2.75) is 32.7 Å². The van der Waals surface area contributed by atoms with Crippen LogP contribution in [0.3, 0.4) is 0 Å². The molecule has 16 heavy (non-hydrogen) atoms. The summed E-state index contributed by atoms with van der Waals surface area (Å²) >= 11 is 3.14. The normalized spacial score (nSPS) is 20.2. The van der Waals surface area contributed by atoms with Gasteiger partial charge in [-0.3, -0.25) is 9.59 Å². The summed E-state index contributed by atoms with van der Waals surface area (Å²) in [7, 11) is 0. The van der Waals surface area contributed by atoms with Crippen LogP contribution in [0.25, 0.3) is 0 Å². The number of amides is 2. The highest BCUT2D eigenvalue weighted by molar-refractivity contribution is 9.09. The number of nitrogens with zero attached hydrogens (tertiary/aromatic N) is 1. The van der Waals surface area contributed by atoms with Crippen LogP contribution in [0.5, 0.6) is 0 Å². The average Bonchev–Trinajstić information content (AvgIpc) is 2.73. The topological polar surface area (TPSA) is 49.4 Å². The molecule has 0 aromatic heterocycles. The minimum absolute atomic E-state index is 0.00203. The van der Waals surface area contributed by atoms with Gasteiger partial charge in [0.15, 0.2) is 0 Å². The van der Waals surface area contributed by atoms with Gasteiger partial charge >= 0.3 is 0 Å². The summed E-state index contributed by atoms with van der Waals surface area (Å²) in [5, 5.41) is 3.18. The molecule has 0 aromatic carbocycles. The lowest BCUT2D eigenvalue weighted by atomic mass is 10.2. The largest absolute Gasteiger partial charge is 0.354 e. The molecule has 0 aliphatic carbocycles. The lowest BCUT2D eigenvalue weighted by Crippen LogP contribution is -2.47. The SMILES string of the molecule is CC(C)CNC(=O)[C@H]1CCCN1C(=O)CBr. The number of alkyl halides is 1. The number of hydrogen-bond acceptors (Lipinski definition) is 2. The maximum atomic E-state index is 11.9. The van der Waals surface area contributed by atoms with E-state index in [2.05, 4.69) is 35.1 Å². The zero-order valence-electron chi connectivity index (χ0n) is 9.83. The first-order chi connectivity index (χ1) is 7.56. The Bertz CT molecular complexity index is 269. The van der Waals surface area contributed by atoms with Crippen LogP contribution in [0.15, 0.2) is 0 Å². The molecule has 1 aliphatic rings. The van der Waals surface area contributed by atoms with Gasteiger partial charge in [0.2, 0.25) is 11.8 Å². The number of carbonyl (C=O) groups excluding carboxylic acids is 2. The highest BCUT2D eigenvalue weighted by atomic mass is 79.9. The Morgan fingerprint density at radius 2 is 2.19 bits per heavy atom. The molecular formula is C11H19BrN2O2. The maximum absolute atomic E-state index is 11.9. The zero-order valence-corrected chi connectivity index (χ0v) is 11.4. The van der Waals surface area contributed by atoms with E-state index in [-0.39, 0.29) is 17.9 Å². The van der Waals surface area contributed by atoms with Crippen molar-refractivity contribution in [2.75, 3.05) is 18.4 Å². The van der Waals surface area contributed by atoms with Crippen molar-refractivity contribution in [1.29, 1.82) is 0 Å². The first-order valence-corrected chi connectivity index (χ1v) is 6.81. The third-order valence-electron chi connectivity index (χ3n) is 2.67. The summed E-state index contributed by atoms with van der Waals surface area (Å²) in [6.07, 6.45) is 1.70. The fraction of sp³-hybridized carbons (Fsp3) is 0.818. The minimum atomic E-state index is -0.260. The van der Waals surface area contributed by atoms with Gasteiger partial charge in [-0.1, -0.05) is 29.8 Å². The number of halogens is 1. The van der Waals surface area contributed by atoms with Crippen molar-refractivity contribution in [3.63, 3.8) is 0 Å². The van der Waals surface area contributed by atoms with E-state index in [1.54, 1.807) is 4.90 Å². The number of rotatable bonds is 4. The quantitative estimate of drug-likeness (QED) is 0.790. The molecule has 1 rings (SSSR count). The second-order valence-corrected chi connectivity index (χ2v) is 5.08. The molecule has 0 radical (unpaired) electrons. The van der Waals surface area contributed by atoms with Gasteiger partial charge in [0.25, 0.3) is 0 Å². The van der Waals surface area contributed by atoms with Gasteiger partial charge in [0.05, 0.1) is 5.33 Å². The van der Waals surface area contributed by atoms with Crippen molar-refractivity contribution in [3.05, 3.63) is 0 Å². The van der Waals surface area contributed by atoms with Crippen LogP contribution in [-0.4, -0.2) is 41.2 Å². The molecule has 0 saturated carbocycles. The van der Waals surface area contributed by atoms with E-state index in [1.807, 2.05) is 0 Å². The molecule has 0 spiro atoms. The fourth-order valence-electron chi connectivity index (χ4n) is 1.84. The summed E-state index contributed by atoms with van der Waals surface area (Å²) in [6, 6.07) is -0.260. The van der Waals surface area contributed by atoms with E-state index >= 15 is 0 Å². The lowest BCUT2D eigenvalue weighted by Gasteiger charge is -2.23. The van der Waals surface area contributed by atoms with Crippen LogP contribution in [-0.2, 0) is 9.59 Å². The zero-order chi connectivity index (χ0) is 12.1. The highest BCUT2D eigenvalue weighted by Gasteiger charge is 2.33. The molecule has 1 saturated heterocycles. The Hall–Kier alpha value is -0.580. The summed E-state index contributed by atoms with van der Waals surface area (Å²) < 4.78 is 0. The number of carbonyl (C=O) groups is 2. The molecule has 5 heteroatoms. The molecule has 0 bridgehead atoms. The lowest BCUT2D eigenvalue weighted by molar-refractivity contribution is -0.136. The second-order valence-electron chi connectivity index (χ2n) is 4.52. The molecule has 1 atom stereocenters. The summed E-state index contributed by atoms with van der Waals surface area (Å²) in [6.45, 7) is 5.47. The monoisotopic (exact) mass is 290 g/mol. The van der Waals surface area contributed by atoms with Gasteiger partial charge in [-0.05, 0) is 18.8 Å². The third kappa shape index (κ3) is 3.47. The smallest absolute Gasteiger partial charge is 0.242 e. The molecular weight excluding hydrogens is 272 g/mol. The molecule has 1 fully saturated rings. The number of hydrogen-bond donors (Lipinski definition) is 1. The number of likely N-dealkylation sites (tertiary alicyclic amines) is 1. The first kappa shape index (κ1) is 13.5. The van der Waals surface area contributed by atoms with Crippen molar-refractivity contribution in [3.8, 4) is 0 Å². The summed E-state index contributed by atoms with van der Waals surface area (Å²) in [5.41, 5.74) is 0. The average molecular weight is 291 g/mol. The number of nitrogens with one attached hydrogen (secondary N) is 1. The summed E-state index contributed by atoms with van der Waals surface area (Å²) in [5.74, 6) is 0.424. The van der Waals surface area contributed by atoms with Crippen molar-refractivity contribution >= 4 is 27.7 Å². The van der Waals surface area contributed by atoms with Crippen LogP contribution >= 0.6 is 15.9 Å². The first-order valence-electron chi connectivity index (χ1n) is 5.69. The predicted octanol–water partition coefficient (Wildman–Crippen LogP) is 1.14. The Labute approximate surface area is 105 Å². The Morgan fingerprint density at radius 3 is 2.75 bits per heavy atom. The fourth-order valence-corrected chi connectivity index (χ4v) is 2.16. The molecule has 1 heterocycles. The van der Waals surface area contributed by atoms with Crippen LogP contribution in [0.1, 0.15) is 26.7 Å². The van der Waals surface area contributed by atoms with E-state index < -0.39 is 0 Å². The van der Waals surface area contributed by atoms with Gasteiger partial charge in [0.1, 0.15) is 6.04 Å². The molecule has 4 nitrogen and oxygen atoms in total. The van der Waals surface area contributed by atoms with Gasteiger partial charge < -0.3 is 10.2 Å². The van der Waals surface area contributed by atoms with Gasteiger partial charge in [-0.25, -0.2) is 0 Å². The van der Waals surface area contributed by atoms with Crippen LogP contribution in [0.4, 0.5) is 0 Å². The predicted molar refractivity (Wildman–Crippen MR) is 66.4 cm³/mol. The van der Waals surface area contributed by atoms with Gasteiger partial charge in [-0.15, -0.1) is 0 Å². The standard InChI is InChI=1S/C11H19BrN2O2/c1-8(2)7-13-11(16)9-4-3-5-14(9)10(15)6-12/h8-9H,3-7H2,1-2H3,(H,13,16)/t9-/m1/s1. The third-order valence-corrected chi connectivity index (χ3v) is 3.15. The van der Waals surface area contributed by atoms with Crippen LogP contribution < -0.4 is 5.32 Å². The molecule has 0 unspecified atom stereocenters. The molecule has 1 aliphatic heterocycles. The van der Waals surface area contributed by atoms with Crippen molar-refractivity contribution < 1.29 is 9.59 Å². The van der Waals surface area contributed by atoms with E-state index in [1.165, 1.54) is 0 Å². The van der Waals surface area contributed by atoms with Crippen molar-refractivity contribution in [1.82, 2.24) is 10.2 Å². The van der Waals surface area contributed by atoms with Crippen molar-refractivity contribution in [2.24, 2.45) is 5.92 Å². The van der Waals surface area contributed by atoms with E-state index in [9.17, 15) is 9.59 Å². The molecule has 92 valence electrons. The Balaban J connectivity index is 2.51. The van der Waals surface area contributed by atoms with E-state index in [0.717, 1.165) is 12.8 Å². The summed E-state index contributed by atoms with van der Waals surface area (Å²) in [4.78, 5) is 25.1. The van der Waals surface area contributed by atoms with Crippen LogP contribution in [0.2, 0.25) is 0 Å².